The van der Waals surface area contributed by atoms with Gasteiger partial charge in [-0.2, -0.15) is 0 Å². The second-order valence-electron chi connectivity index (χ2n) is 3.08. The third-order valence-electron chi connectivity index (χ3n) is 1.59. The van der Waals surface area contributed by atoms with Gasteiger partial charge in [0.05, 0.1) is 5.75 Å². The number of nitrogens with two attached hydrogens (primary N) is 1. The molecule has 2 N–H and O–H groups in total. The van der Waals surface area contributed by atoms with Crippen molar-refractivity contribution >= 4 is 27.4 Å². The van der Waals surface area contributed by atoms with Crippen LogP contribution in [0.1, 0.15) is 6.42 Å². The molecule has 0 spiro atoms. The van der Waals surface area contributed by atoms with Gasteiger partial charge in [0, 0.05) is 24.4 Å². The van der Waals surface area contributed by atoms with Crippen LogP contribution in [-0.2, 0) is 9.84 Å². The normalized spacial score (nSPS) is 11.5. The number of nitrogens with zero attached hydrogens (tertiary/aromatic N) is 2. The Bertz CT molecular complexity index is 420. The topological polar surface area (TPSA) is 85.9 Å². The molecule has 0 radical (unpaired) electrons. The second kappa shape index (κ2) is 5.32. The van der Waals surface area contributed by atoms with Gasteiger partial charge in [0.15, 0.2) is 5.82 Å². The first-order valence-corrected chi connectivity index (χ1v) is 7.40. The average Bonchev–Trinajstić information content (AvgIpc) is 2.13. The predicted molar refractivity (Wildman–Crippen MR) is 61.5 cm³/mol. The molecule has 0 aromatic carbocycles. The Kier molecular flexibility index (Phi) is 4.34. The summed E-state index contributed by atoms with van der Waals surface area (Å²) >= 11 is 1.42. The molecule has 0 amide bonds. The van der Waals surface area contributed by atoms with Crippen molar-refractivity contribution in [1.29, 1.82) is 0 Å². The van der Waals surface area contributed by atoms with Crippen LogP contribution >= 0.6 is 11.8 Å². The molecule has 0 atom stereocenters. The fraction of sp³-hybridized carbons (Fsp3) is 0.500. The van der Waals surface area contributed by atoms with E-state index in [0.29, 0.717) is 23.0 Å². The van der Waals surface area contributed by atoms with Gasteiger partial charge in [-0.25, -0.2) is 18.4 Å². The third kappa shape index (κ3) is 4.98. The minimum absolute atomic E-state index is 0.195. The van der Waals surface area contributed by atoms with Crippen LogP contribution in [0.5, 0.6) is 0 Å². The lowest BCUT2D eigenvalue weighted by Crippen LogP contribution is -2.04. The van der Waals surface area contributed by atoms with Crippen LogP contribution in [0.4, 0.5) is 5.82 Å². The van der Waals surface area contributed by atoms with Gasteiger partial charge in [0.1, 0.15) is 14.9 Å². The maximum atomic E-state index is 10.8. The van der Waals surface area contributed by atoms with Crippen molar-refractivity contribution in [2.24, 2.45) is 0 Å². The Morgan fingerprint density at radius 1 is 1.40 bits per heavy atom. The number of anilines is 1. The molecule has 0 aliphatic rings. The molecule has 0 unspecified atom stereocenters. The Hall–Kier alpha value is -0.820. The van der Waals surface area contributed by atoms with Crippen LogP contribution in [0, 0.1) is 0 Å². The van der Waals surface area contributed by atoms with Crippen molar-refractivity contribution in [3.8, 4) is 0 Å². The van der Waals surface area contributed by atoms with Gasteiger partial charge in [-0.05, 0) is 6.42 Å². The number of hydrogen-bond donors (Lipinski definition) is 1. The Labute approximate surface area is 93.4 Å². The van der Waals surface area contributed by atoms with Crippen LogP contribution in [0.2, 0.25) is 0 Å². The highest BCUT2D eigenvalue weighted by Crippen LogP contribution is 2.20. The molecule has 0 bridgehead atoms. The molecule has 0 fully saturated rings. The van der Waals surface area contributed by atoms with Gasteiger partial charge < -0.3 is 5.73 Å². The lowest BCUT2D eigenvalue weighted by molar-refractivity contribution is 0.600. The fourth-order valence-electron chi connectivity index (χ4n) is 0.937. The smallest absolute Gasteiger partial charge is 0.156 e. The average molecular weight is 247 g/mol. The minimum atomic E-state index is -2.87. The maximum absolute atomic E-state index is 10.8. The van der Waals surface area contributed by atoms with E-state index in [2.05, 4.69) is 9.97 Å². The monoisotopic (exact) mass is 247 g/mol. The van der Waals surface area contributed by atoms with Gasteiger partial charge in [0.2, 0.25) is 0 Å². The van der Waals surface area contributed by atoms with Gasteiger partial charge in [-0.15, -0.1) is 11.8 Å². The van der Waals surface area contributed by atoms with E-state index in [0.717, 1.165) is 0 Å². The summed E-state index contributed by atoms with van der Waals surface area (Å²) in [5.74, 6) is 1.26. The van der Waals surface area contributed by atoms with Crippen molar-refractivity contribution in [3.05, 3.63) is 12.4 Å². The number of hydrogen-bond acceptors (Lipinski definition) is 6. The standard InChI is InChI=1S/C8H13N3O2S2/c1-15(12,13)6-2-5-14-8-7(9)10-3-4-11-8/h3-4H,2,5-6H2,1H3,(H2,9,10). The molecule has 1 aromatic heterocycles. The zero-order valence-electron chi connectivity index (χ0n) is 8.38. The largest absolute Gasteiger partial charge is 0.381 e. The summed E-state index contributed by atoms with van der Waals surface area (Å²) < 4.78 is 21.7. The van der Waals surface area contributed by atoms with E-state index in [1.807, 2.05) is 0 Å². The first-order chi connectivity index (χ1) is 6.99. The summed E-state index contributed by atoms with van der Waals surface area (Å²) in [6, 6.07) is 0. The molecule has 84 valence electrons. The molecule has 0 aliphatic heterocycles. The van der Waals surface area contributed by atoms with E-state index in [1.54, 1.807) is 6.20 Å². The summed E-state index contributed by atoms with van der Waals surface area (Å²) in [6.07, 6.45) is 4.92. The number of nitrogen functional groups attached to an aromatic ring is 1. The van der Waals surface area contributed by atoms with Crippen molar-refractivity contribution in [3.63, 3.8) is 0 Å². The first kappa shape index (κ1) is 12.3. The van der Waals surface area contributed by atoms with E-state index in [1.165, 1.54) is 24.2 Å². The molecule has 1 heterocycles. The quantitative estimate of drug-likeness (QED) is 0.605. The number of thioether (sulfide) groups is 1. The number of aromatic nitrogens is 2. The Morgan fingerprint density at radius 3 is 2.67 bits per heavy atom. The van der Waals surface area contributed by atoms with E-state index in [9.17, 15) is 8.42 Å². The summed E-state index contributed by atoms with van der Waals surface area (Å²) in [4.78, 5) is 7.92. The van der Waals surface area contributed by atoms with Crippen molar-refractivity contribution in [1.82, 2.24) is 9.97 Å². The second-order valence-corrected chi connectivity index (χ2v) is 6.42. The van der Waals surface area contributed by atoms with Gasteiger partial charge in [0.25, 0.3) is 0 Å². The van der Waals surface area contributed by atoms with Crippen LogP contribution in [0.25, 0.3) is 0 Å². The number of sulfone groups is 1. The maximum Gasteiger partial charge on any atom is 0.156 e. The molecule has 0 aliphatic carbocycles. The van der Waals surface area contributed by atoms with E-state index in [-0.39, 0.29) is 5.75 Å². The highest BCUT2D eigenvalue weighted by molar-refractivity contribution is 7.99. The Morgan fingerprint density at radius 2 is 2.07 bits per heavy atom. The molecular weight excluding hydrogens is 234 g/mol. The molecule has 15 heavy (non-hydrogen) atoms. The lowest BCUT2D eigenvalue weighted by atomic mass is 10.6. The molecule has 0 saturated heterocycles. The highest BCUT2D eigenvalue weighted by atomic mass is 32.2. The van der Waals surface area contributed by atoms with Crippen molar-refractivity contribution in [2.45, 2.75) is 11.4 Å². The molecule has 1 aromatic rings. The zero-order valence-corrected chi connectivity index (χ0v) is 10.0. The molecule has 5 nitrogen and oxygen atoms in total. The van der Waals surface area contributed by atoms with Crippen molar-refractivity contribution in [2.75, 3.05) is 23.5 Å². The molecule has 1 rings (SSSR count). The molecule has 0 saturated carbocycles. The van der Waals surface area contributed by atoms with Crippen molar-refractivity contribution < 1.29 is 8.42 Å². The van der Waals surface area contributed by atoms with E-state index < -0.39 is 9.84 Å². The van der Waals surface area contributed by atoms with Gasteiger partial charge >= 0.3 is 0 Å². The molecular formula is C8H13N3O2S2. The van der Waals surface area contributed by atoms with Gasteiger partial charge in [-0.3, -0.25) is 0 Å². The predicted octanol–water partition coefficient (Wildman–Crippen LogP) is 0.586. The summed E-state index contributed by atoms with van der Waals surface area (Å²) in [7, 11) is -2.87. The van der Waals surface area contributed by atoms with Crippen LogP contribution < -0.4 is 5.73 Å². The van der Waals surface area contributed by atoms with Crippen LogP contribution in [0.3, 0.4) is 0 Å². The lowest BCUT2D eigenvalue weighted by Gasteiger charge is -2.02. The molecule has 7 heteroatoms. The van der Waals surface area contributed by atoms with Gasteiger partial charge in [-0.1, -0.05) is 0 Å². The summed E-state index contributed by atoms with van der Waals surface area (Å²) in [5, 5.41) is 0.658. The third-order valence-corrected chi connectivity index (χ3v) is 3.70. The minimum Gasteiger partial charge on any atom is -0.381 e. The summed E-state index contributed by atoms with van der Waals surface area (Å²) in [5.41, 5.74) is 5.58. The first-order valence-electron chi connectivity index (χ1n) is 4.36. The Balaban J connectivity index is 2.36. The highest BCUT2D eigenvalue weighted by Gasteiger charge is 2.04. The number of rotatable bonds is 5. The fourth-order valence-corrected chi connectivity index (χ4v) is 2.61. The van der Waals surface area contributed by atoms with Crippen LogP contribution in [-0.4, -0.2) is 36.1 Å². The SMILES string of the molecule is CS(=O)(=O)CCCSc1nccnc1N. The van der Waals surface area contributed by atoms with E-state index in [4.69, 9.17) is 5.73 Å². The zero-order chi connectivity index (χ0) is 11.3. The van der Waals surface area contributed by atoms with E-state index >= 15 is 0 Å². The van der Waals surface area contributed by atoms with Crippen LogP contribution in [0.15, 0.2) is 17.4 Å². The summed E-state index contributed by atoms with van der Waals surface area (Å²) in [6.45, 7) is 0.